The summed E-state index contributed by atoms with van der Waals surface area (Å²) in [6, 6.07) is 12.4. The van der Waals surface area contributed by atoms with Crippen LogP contribution in [0.15, 0.2) is 59.5 Å². The maximum atomic E-state index is 12.9. The number of halogens is 2. The van der Waals surface area contributed by atoms with E-state index in [1.165, 1.54) is 48.0 Å². The highest BCUT2D eigenvalue weighted by molar-refractivity contribution is 6.32. The lowest BCUT2D eigenvalue weighted by molar-refractivity contribution is 0.198. The molecule has 0 unspecified atom stereocenters. The van der Waals surface area contributed by atoms with E-state index < -0.39 is 5.56 Å². The molecule has 1 aliphatic heterocycles. The molecule has 0 atom stereocenters. The molecule has 1 fully saturated rings. The SMILES string of the molecule is C1CCOC1.CNc1cnn(-c2ccc(Oc3ccc(F)cc3)cc2)c(=O)c1Cl. The zero-order chi connectivity index (χ0) is 20.6. The van der Waals surface area contributed by atoms with Crippen LogP contribution in [0, 0.1) is 5.82 Å². The molecule has 29 heavy (non-hydrogen) atoms. The lowest BCUT2D eigenvalue weighted by atomic mass is 10.3. The topological polar surface area (TPSA) is 65.4 Å². The van der Waals surface area contributed by atoms with Gasteiger partial charge < -0.3 is 14.8 Å². The van der Waals surface area contributed by atoms with Crippen molar-refractivity contribution in [1.82, 2.24) is 9.78 Å². The molecule has 0 spiro atoms. The van der Waals surface area contributed by atoms with Gasteiger partial charge in [0.2, 0.25) is 0 Å². The number of benzene rings is 2. The van der Waals surface area contributed by atoms with E-state index in [-0.39, 0.29) is 10.8 Å². The molecule has 0 amide bonds. The van der Waals surface area contributed by atoms with E-state index in [2.05, 4.69) is 10.4 Å². The number of hydrogen-bond donors (Lipinski definition) is 1. The van der Waals surface area contributed by atoms with Gasteiger partial charge in [0.05, 0.1) is 17.6 Å². The number of nitrogens with one attached hydrogen (secondary N) is 1. The first-order valence-corrected chi connectivity index (χ1v) is 9.53. The molecule has 0 saturated carbocycles. The van der Waals surface area contributed by atoms with Gasteiger partial charge in [0, 0.05) is 20.3 Å². The van der Waals surface area contributed by atoms with E-state index in [1.807, 2.05) is 0 Å². The number of aromatic nitrogens is 2. The van der Waals surface area contributed by atoms with Gasteiger partial charge in [-0.25, -0.2) is 4.39 Å². The fourth-order valence-electron chi connectivity index (χ4n) is 2.60. The van der Waals surface area contributed by atoms with Crippen molar-refractivity contribution in [3.63, 3.8) is 0 Å². The molecule has 4 rings (SSSR count). The molecular weight excluding hydrogens is 397 g/mol. The average Bonchev–Trinajstić information content (AvgIpc) is 3.33. The Labute approximate surface area is 172 Å². The van der Waals surface area contributed by atoms with Crippen LogP contribution in [-0.2, 0) is 4.74 Å². The van der Waals surface area contributed by atoms with Gasteiger partial charge in [0.25, 0.3) is 5.56 Å². The van der Waals surface area contributed by atoms with Crippen molar-refractivity contribution in [2.45, 2.75) is 12.8 Å². The zero-order valence-electron chi connectivity index (χ0n) is 15.9. The Hall–Kier alpha value is -2.90. The number of ether oxygens (including phenoxy) is 2. The van der Waals surface area contributed by atoms with Crippen LogP contribution in [0.3, 0.4) is 0 Å². The summed E-state index contributed by atoms with van der Waals surface area (Å²) in [5.41, 5.74) is 0.598. The second kappa shape index (κ2) is 10.0. The molecule has 1 saturated heterocycles. The fraction of sp³-hybridized carbons (Fsp3) is 0.238. The van der Waals surface area contributed by atoms with Gasteiger partial charge in [0.15, 0.2) is 0 Å². The van der Waals surface area contributed by atoms with Gasteiger partial charge in [0.1, 0.15) is 22.3 Å². The van der Waals surface area contributed by atoms with Crippen molar-refractivity contribution >= 4 is 17.3 Å². The smallest absolute Gasteiger partial charge is 0.292 e. The summed E-state index contributed by atoms with van der Waals surface area (Å²) in [5, 5.41) is 6.95. The van der Waals surface area contributed by atoms with Crippen LogP contribution in [0.25, 0.3) is 5.69 Å². The van der Waals surface area contributed by atoms with Gasteiger partial charge in [-0.3, -0.25) is 4.79 Å². The van der Waals surface area contributed by atoms with Crippen LogP contribution in [0.2, 0.25) is 5.02 Å². The van der Waals surface area contributed by atoms with Crippen molar-refractivity contribution in [3.8, 4) is 17.2 Å². The molecule has 1 N–H and O–H groups in total. The molecule has 0 bridgehead atoms. The normalized spacial score (nSPS) is 12.8. The van der Waals surface area contributed by atoms with Gasteiger partial charge in [-0.1, -0.05) is 11.6 Å². The fourth-order valence-corrected chi connectivity index (χ4v) is 2.82. The first-order valence-electron chi connectivity index (χ1n) is 9.15. The maximum Gasteiger partial charge on any atom is 0.292 e. The molecule has 1 aromatic heterocycles. The standard InChI is InChI=1S/C17H13ClFN3O2.C4H8O/c1-20-15-10-21-22(17(23)16(15)18)12-4-8-14(9-5-12)24-13-6-2-11(19)3-7-13;1-2-4-5-3-1/h2-10,20H,1H3;1-4H2. The van der Waals surface area contributed by atoms with Gasteiger partial charge in [-0.2, -0.15) is 9.78 Å². The first-order chi connectivity index (χ1) is 14.1. The summed E-state index contributed by atoms with van der Waals surface area (Å²) in [5.74, 6) is 0.738. The predicted molar refractivity (Wildman–Crippen MR) is 111 cm³/mol. The summed E-state index contributed by atoms with van der Waals surface area (Å²) < 4.78 is 24.6. The molecule has 2 aromatic carbocycles. The first kappa shape index (κ1) is 20.8. The summed E-state index contributed by atoms with van der Waals surface area (Å²) in [7, 11) is 1.66. The van der Waals surface area contributed by atoms with Crippen LogP contribution in [0.4, 0.5) is 10.1 Å². The highest BCUT2D eigenvalue weighted by Gasteiger charge is 2.09. The van der Waals surface area contributed by atoms with E-state index in [4.69, 9.17) is 21.1 Å². The zero-order valence-corrected chi connectivity index (χ0v) is 16.7. The Bertz CT molecular complexity index is 980. The second-order valence-corrected chi connectivity index (χ2v) is 6.59. The highest BCUT2D eigenvalue weighted by atomic mass is 35.5. The van der Waals surface area contributed by atoms with Crippen molar-refractivity contribution in [1.29, 1.82) is 0 Å². The average molecular weight is 418 g/mol. The Morgan fingerprint density at radius 2 is 1.66 bits per heavy atom. The van der Waals surface area contributed by atoms with Gasteiger partial charge >= 0.3 is 0 Å². The van der Waals surface area contributed by atoms with Crippen LogP contribution in [-0.4, -0.2) is 30.0 Å². The minimum atomic E-state index is -0.421. The highest BCUT2D eigenvalue weighted by Crippen LogP contribution is 2.23. The van der Waals surface area contributed by atoms with Gasteiger partial charge in [-0.15, -0.1) is 0 Å². The number of anilines is 1. The van der Waals surface area contributed by atoms with Crippen LogP contribution >= 0.6 is 11.6 Å². The van der Waals surface area contributed by atoms with E-state index in [1.54, 1.807) is 31.3 Å². The van der Waals surface area contributed by atoms with E-state index in [0.717, 1.165) is 13.2 Å². The van der Waals surface area contributed by atoms with Crippen molar-refractivity contribution in [2.75, 3.05) is 25.6 Å². The van der Waals surface area contributed by atoms with E-state index in [0.29, 0.717) is 22.9 Å². The predicted octanol–water partition coefficient (Wildman–Crippen LogP) is 4.66. The Morgan fingerprint density at radius 1 is 1.07 bits per heavy atom. The number of hydrogen-bond acceptors (Lipinski definition) is 5. The summed E-state index contributed by atoms with van der Waals surface area (Å²) >= 11 is 6.01. The molecular formula is C21H21ClFN3O3. The maximum absolute atomic E-state index is 12.9. The molecule has 8 heteroatoms. The molecule has 2 heterocycles. The third-order valence-electron chi connectivity index (χ3n) is 4.15. The minimum absolute atomic E-state index is 0.0686. The van der Waals surface area contributed by atoms with Crippen molar-refractivity contribution in [3.05, 3.63) is 75.9 Å². The Kier molecular flexibility index (Phi) is 7.21. The third kappa shape index (κ3) is 5.56. The molecule has 1 aliphatic rings. The Morgan fingerprint density at radius 3 is 2.17 bits per heavy atom. The molecule has 0 aliphatic carbocycles. The third-order valence-corrected chi connectivity index (χ3v) is 4.51. The monoisotopic (exact) mass is 417 g/mol. The van der Waals surface area contributed by atoms with Crippen molar-refractivity contribution < 1.29 is 13.9 Å². The minimum Gasteiger partial charge on any atom is -0.457 e. The molecule has 0 radical (unpaired) electrons. The van der Waals surface area contributed by atoms with Crippen LogP contribution in [0.1, 0.15) is 12.8 Å². The van der Waals surface area contributed by atoms with Gasteiger partial charge in [-0.05, 0) is 61.4 Å². The quantitative estimate of drug-likeness (QED) is 0.669. The van der Waals surface area contributed by atoms with Crippen LogP contribution < -0.4 is 15.6 Å². The number of nitrogens with zero attached hydrogens (tertiary/aromatic N) is 2. The van der Waals surface area contributed by atoms with Crippen molar-refractivity contribution in [2.24, 2.45) is 0 Å². The van der Waals surface area contributed by atoms with Crippen LogP contribution in [0.5, 0.6) is 11.5 Å². The molecule has 3 aromatic rings. The molecule has 6 nitrogen and oxygen atoms in total. The summed E-state index contributed by atoms with van der Waals surface area (Å²) in [6.45, 7) is 2.00. The second-order valence-electron chi connectivity index (χ2n) is 6.21. The lowest BCUT2D eigenvalue weighted by Gasteiger charge is -2.09. The van der Waals surface area contributed by atoms with E-state index >= 15 is 0 Å². The lowest BCUT2D eigenvalue weighted by Crippen LogP contribution is -2.22. The Balaban J connectivity index is 0.000000419. The summed E-state index contributed by atoms with van der Waals surface area (Å²) in [6.07, 6.45) is 4.03. The molecule has 152 valence electrons. The largest absolute Gasteiger partial charge is 0.457 e. The summed E-state index contributed by atoms with van der Waals surface area (Å²) in [4.78, 5) is 12.2. The number of rotatable bonds is 4. The van der Waals surface area contributed by atoms with E-state index in [9.17, 15) is 9.18 Å².